The fraction of sp³-hybridized carbons (Fsp3) is 0.562. The van der Waals surface area contributed by atoms with Gasteiger partial charge in [-0.25, -0.2) is 8.42 Å². The number of hydrogen-bond acceptors (Lipinski definition) is 3. The van der Waals surface area contributed by atoms with Crippen LogP contribution in [0.5, 0.6) is 0 Å². The Morgan fingerprint density at radius 2 is 1.86 bits per heavy atom. The summed E-state index contributed by atoms with van der Waals surface area (Å²) < 4.78 is 22.8. The molecule has 1 unspecified atom stereocenters. The number of aryl methyl sites for hydroxylation is 3. The monoisotopic (exact) mass is 309 g/mol. The van der Waals surface area contributed by atoms with Crippen molar-refractivity contribution in [1.82, 2.24) is 5.32 Å². The van der Waals surface area contributed by atoms with Crippen molar-refractivity contribution in [3.8, 4) is 0 Å². The zero-order chi connectivity index (χ0) is 15.6. The summed E-state index contributed by atoms with van der Waals surface area (Å²) in [5, 5.41) is 2.92. The van der Waals surface area contributed by atoms with Crippen molar-refractivity contribution in [2.24, 2.45) is 5.92 Å². The lowest BCUT2D eigenvalue weighted by molar-refractivity contribution is -0.122. The van der Waals surface area contributed by atoms with Gasteiger partial charge in [0.1, 0.15) is 0 Å². The minimum absolute atomic E-state index is 0.0183. The molecule has 0 bridgehead atoms. The third-order valence-electron chi connectivity index (χ3n) is 4.10. The Kier molecular flexibility index (Phi) is 4.71. The van der Waals surface area contributed by atoms with E-state index >= 15 is 0 Å². The zero-order valence-electron chi connectivity index (χ0n) is 12.9. The largest absolute Gasteiger partial charge is 0.352 e. The van der Waals surface area contributed by atoms with Crippen LogP contribution in [0, 0.1) is 26.7 Å². The van der Waals surface area contributed by atoms with Crippen LogP contribution in [0.4, 0.5) is 0 Å². The van der Waals surface area contributed by atoms with Crippen LogP contribution in [0.1, 0.15) is 35.1 Å². The summed E-state index contributed by atoms with van der Waals surface area (Å²) in [7, 11) is -2.91. The number of benzene rings is 1. The van der Waals surface area contributed by atoms with Gasteiger partial charge in [0.15, 0.2) is 9.84 Å². The molecule has 1 atom stereocenters. The van der Waals surface area contributed by atoms with Crippen molar-refractivity contribution in [2.45, 2.75) is 40.2 Å². The second-order valence-electron chi connectivity index (χ2n) is 6.13. The number of hydrogen-bond donors (Lipinski definition) is 1. The average Bonchev–Trinajstić information content (AvgIpc) is 2.67. The quantitative estimate of drug-likeness (QED) is 0.926. The van der Waals surface area contributed by atoms with E-state index in [0.717, 1.165) is 5.56 Å². The maximum Gasteiger partial charge on any atom is 0.220 e. The highest BCUT2D eigenvalue weighted by Gasteiger charge is 2.29. The van der Waals surface area contributed by atoms with E-state index < -0.39 is 9.84 Å². The second-order valence-corrected chi connectivity index (χ2v) is 8.36. The molecule has 1 N–H and O–H groups in total. The van der Waals surface area contributed by atoms with E-state index in [1.54, 1.807) is 0 Å². The molecule has 0 aromatic heterocycles. The van der Waals surface area contributed by atoms with Gasteiger partial charge in [-0.2, -0.15) is 0 Å². The number of amides is 1. The van der Waals surface area contributed by atoms with Gasteiger partial charge in [0.05, 0.1) is 11.5 Å². The minimum Gasteiger partial charge on any atom is -0.352 e. The molecule has 4 nitrogen and oxygen atoms in total. The van der Waals surface area contributed by atoms with E-state index in [1.807, 2.05) is 13.8 Å². The van der Waals surface area contributed by atoms with E-state index in [4.69, 9.17) is 0 Å². The molecule has 0 radical (unpaired) electrons. The molecule has 1 amide bonds. The van der Waals surface area contributed by atoms with Crippen LogP contribution >= 0.6 is 0 Å². The summed E-state index contributed by atoms with van der Waals surface area (Å²) >= 11 is 0. The van der Waals surface area contributed by atoms with E-state index in [1.165, 1.54) is 16.7 Å². The molecule has 1 aromatic carbocycles. The van der Waals surface area contributed by atoms with Gasteiger partial charge in [-0.1, -0.05) is 17.7 Å². The molecule has 1 saturated heterocycles. The Morgan fingerprint density at radius 1 is 1.24 bits per heavy atom. The van der Waals surface area contributed by atoms with Gasteiger partial charge in [0, 0.05) is 13.0 Å². The molecule has 5 heteroatoms. The maximum atomic E-state index is 12.0. The predicted octanol–water partition coefficient (Wildman–Crippen LogP) is 2.05. The van der Waals surface area contributed by atoms with E-state index in [-0.39, 0.29) is 23.3 Å². The normalized spacial score (nSPS) is 20.4. The minimum atomic E-state index is -2.91. The molecule has 1 fully saturated rings. The molecule has 0 aliphatic carbocycles. The highest BCUT2D eigenvalue weighted by Crippen LogP contribution is 2.21. The van der Waals surface area contributed by atoms with Gasteiger partial charge in [-0.05, 0) is 49.8 Å². The fourth-order valence-corrected chi connectivity index (χ4v) is 4.90. The van der Waals surface area contributed by atoms with Crippen LogP contribution in [-0.4, -0.2) is 25.8 Å². The SMILES string of the molecule is Cc1cc(C)c(CNC(=O)CC2CCS(=O)(=O)C2)c(C)c1. The van der Waals surface area contributed by atoms with Crippen molar-refractivity contribution in [1.29, 1.82) is 0 Å². The molecule has 0 saturated carbocycles. The number of carbonyl (C=O) groups is 1. The Bertz CT molecular complexity index is 626. The van der Waals surface area contributed by atoms with Crippen molar-refractivity contribution >= 4 is 15.7 Å². The maximum absolute atomic E-state index is 12.0. The molecule has 1 aliphatic rings. The summed E-state index contributed by atoms with van der Waals surface area (Å²) in [4.78, 5) is 12.0. The first-order valence-corrected chi connectivity index (χ1v) is 9.13. The Balaban J connectivity index is 1.90. The number of carbonyl (C=O) groups excluding carboxylic acids is 1. The molecule has 116 valence electrons. The standard InChI is InChI=1S/C16H23NO3S/c1-11-6-12(2)15(13(3)7-11)9-17-16(18)8-14-4-5-21(19,20)10-14/h6-7,14H,4-5,8-10H2,1-3H3,(H,17,18). The van der Waals surface area contributed by atoms with Gasteiger partial charge in [-0.3, -0.25) is 4.79 Å². The summed E-state index contributed by atoms with van der Waals surface area (Å²) in [6.45, 7) is 6.66. The van der Waals surface area contributed by atoms with E-state index in [2.05, 4.69) is 24.4 Å². The Morgan fingerprint density at radius 3 is 2.38 bits per heavy atom. The molecule has 1 aromatic rings. The van der Waals surface area contributed by atoms with Crippen LogP contribution < -0.4 is 5.32 Å². The van der Waals surface area contributed by atoms with Crippen LogP contribution in [-0.2, 0) is 21.2 Å². The Labute approximate surface area is 126 Å². The first-order chi connectivity index (χ1) is 9.77. The first kappa shape index (κ1) is 16.0. The van der Waals surface area contributed by atoms with Gasteiger partial charge >= 0.3 is 0 Å². The van der Waals surface area contributed by atoms with Crippen molar-refractivity contribution in [3.63, 3.8) is 0 Å². The van der Waals surface area contributed by atoms with Gasteiger partial charge in [0.2, 0.25) is 5.91 Å². The summed E-state index contributed by atoms with van der Waals surface area (Å²) in [6, 6.07) is 4.22. The average molecular weight is 309 g/mol. The molecular weight excluding hydrogens is 286 g/mol. The van der Waals surface area contributed by atoms with Gasteiger partial charge < -0.3 is 5.32 Å². The fourth-order valence-electron chi connectivity index (χ4n) is 3.04. The number of sulfone groups is 1. The lowest BCUT2D eigenvalue weighted by Gasteiger charge is -2.13. The lowest BCUT2D eigenvalue weighted by Crippen LogP contribution is -2.26. The summed E-state index contributed by atoms with van der Waals surface area (Å²) in [6.07, 6.45) is 0.918. The molecule has 1 aliphatic heterocycles. The van der Waals surface area contributed by atoms with E-state index in [0.29, 0.717) is 19.4 Å². The van der Waals surface area contributed by atoms with Gasteiger partial charge in [0.25, 0.3) is 0 Å². The zero-order valence-corrected chi connectivity index (χ0v) is 13.7. The molecule has 0 spiro atoms. The smallest absolute Gasteiger partial charge is 0.220 e. The highest BCUT2D eigenvalue weighted by atomic mass is 32.2. The molecule has 21 heavy (non-hydrogen) atoms. The van der Waals surface area contributed by atoms with Crippen LogP contribution in [0.15, 0.2) is 12.1 Å². The third-order valence-corrected chi connectivity index (χ3v) is 5.94. The predicted molar refractivity (Wildman–Crippen MR) is 83.9 cm³/mol. The highest BCUT2D eigenvalue weighted by molar-refractivity contribution is 7.91. The molecule has 1 heterocycles. The molecule has 2 rings (SSSR count). The van der Waals surface area contributed by atoms with Crippen molar-refractivity contribution in [3.05, 3.63) is 34.4 Å². The van der Waals surface area contributed by atoms with Crippen LogP contribution in [0.2, 0.25) is 0 Å². The Hall–Kier alpha value is -1.36. The summed E-state index contributed by atoms with van der Waals surface area (Å²) in [5.74, 6) is 0.302. The third kappa shape index (κ3) is 4.30. The topological polar surface area (TPSA) is 63.2 Å². The second kappa shape index (κ2) is 6.18. The van der Waals surface area contributed by atoms with Crippen molar-refractivity contribution < 1.29 is 13.2 Å². The van der Waals surface area contributed by atoms with E-state index in [9.17, 15) is 13.2 Å². The van der Waals surface area contributed by atoms with Crippen LogP contribution in [0.25, 0.3) is 0 Å². The lowest BCUT2D eigenvalue weighted by atomic mass is 9.99. The number of nitrogens with one attached hydrogen (secondary N) is 1. The van der Waals surface area contributed by atoms with Gasteiger partial charge in [-0.15, -0.1) is 0 Å². The first-order valence-electron chi connectivity index (χ1n) is 7.30. The van der Waals surface area contributed by atoms with Crippen molar-refractivity contribution in [2.75, 3.05) is 11.5 Å². The molecular formula is C16H23NO3S. The summed E-state index contributed by atoms with van der Waals surface area (Å²) in [5.41, 5.74) is 4.72. The number of rotatable bonds is 4. The van der Waals surface area contributed by atoms with Crippen LogP contribution in [0.3, 0.4) is 0 Å².